The van der Waals surface area contributed by atoms with Gasteiger partial charge in [0.05, 0.1) is 0 Å². The predicted octanol–water partition coefficient (Wildman–Crippen LogP) is 2.77. The van der Waals surface area contributed by atoms with Crippen LogP contribution in [-0.4, -0.2) is 19.2 Å². The first-order valence-corrected chi connectivity index (χ1v) is 7.92. The molecule has 0 aliphatic rings. The molecule has 0 N–H and O–H groups in total. The van der Waals surface area contributed by atoms with Crippen LogP contribution in [-0.2, 0) is 6.61 Å². The van der Waals surface area contributed by atoms with E-state index < -0.39 is 0 Å². The minimum atomic E-state index is -0.218. The Kier molecular flexibility index (Phi) is 3.78. The second kappa shape index (κ2) is 6.24. The van der Waals surface area contributed by atoms with Gasteiger partial charge < -0.3 is 4.74 Å². The fourth-order valence-corrected chi connectivity index (χ4v) is 2.56. The zero-order chi connectivity index (χ0) is 17.2. The zero-order valence-electron chi connectivity index (χ0n) is 13.7. The van der Waals surface area contributed by atoms with Gasteiger partial charge in [-0.15, -0.1) is 5.10 Å². The summed E-state index contributed by atoms with van der Waals surface area (Å²) in [5.41, 5.74) is 1.99. The number of rotatable bonds is 4. The van der Waals surface area contributed by atoms with Crippen molar-refractivity contribution >= 4 is 5.65 Å². The number of aromatic nitrogens is 4. The van der Waals surface area contributed by atoms with Crippen molar-refractivity contribution in [1.29, 1.82) is 0 Å². The van der Waals surface area contributed by atoms with Crippen molar-refractivity contribution in [2.45, 2.75) is 13.5 Å². The first-order chi connectivity index (χ1) is 12.2. The molecule has 6 heteroatoms. The van der Waals surface area contributed by atoms with E-state index in [0.29, 0.717) is 5.82 Å². The van der Waals surface area contributed by atoms with Crippen LogP contribution < -0.4 is 10.3 Å². The molecule has 6 nitrogen and oxygen atoms in total. The summed E-state index contributed by atoms with van der Waals surface area (Å²) in [5, 5.41) is 4.30. The molecule has 0 fully saturated rings. The lowest BCUT2D eigenvalue weighted by molar-refractivity contribution is 0.296. The molecule has 2 aromatic heterocycles. The lowest BCUT2D eigenvalue weighted by Crippen LogP contribution is -2.20. The van der Waals surface area contributed by atoms with E-state index in [1.807, 2.05) is 61.5 Å². The van der Waals surface area contributed by atoms with Crippen LogP contribution in [0.15, 0.2) is 71.8 Å². The van der Waals surface area contributed by atoms with Crippen LogP contribution in [0.25, 0.3) is 11.3 Å². The maximum Gasteiger partial charge on any atom is 0.300 e. The third kappa shape index (κ3) is 3.01. The third-order valence-electron chi connectivity index (χ3n) is 3.87. The van der Waals surface area contributed by atoms with Crippen LogP contribution in [0.1, 0.15) is 11.4 Å². The Balaban J connectivity index is 1.65. The van der Waals surface area contributed by atoms with Crippen LogP contribution in [0, 0.1) is 6.92 Å². The highest BCUT2D eigenvalue weighted by atomic mass is 16.5. The smallest absolute Gasteiger partial charge is 0.300 e. The lowest BCUT2D eigenvalue weighted by atomic mass is 10.2. The molecule has 2 aromatic carbocycles. The van der Waals surface area contributed by atoms with Crippen molar-refractivity contribution in [2.24, 2.45) is 0 Å². The predicted molar refractivity (Wildman–Crippen MR) is 94.1 cm³/mol. The number of para-hydroxylation sites is 1. The first kappa shape index (κ1) is 15.1. The van der Waals surface area contributed by atoms with Gasteiger partial charge in [0.25, 0.3) is 5.56 Å². The Labute approximate surface area is 144 Å². The molecule has 4 aromatic rings. The highest BCUT2D eigenvalue weighted by Crippen LogP contribution is 2.11. The van der Waals surface area contributed by atoms with Gasteiger partial charge in [0.15, 0.2) is 5.82 Å². The Morgan fingerprint density at radius 2 is 1.76 bits per heavy atom. The van der Waals surface area contributed by atoms with Crippen molar-refractivity contribution in [3.05, 3.63) is 88.7 Å². The number of hydrogen-bond acceptors (Lipinski definition) is 4. The Morgan fingerprint density at radius 3 is 2.52 bits per heavy atom. The van der Waals surface area contributed by atoms with Crippen LogP contribution in [0.5, 0.6) is 5.75 Å². The molecule has 0 aliphatic heterocycles. The van der Waals surface area contributed by atoms with Crippen LogP contribution in [0.2, 0.25) is 0 Å². The Bertz CT molecular complexity index is 1070. The number of nitrogens with zero attached hydrogens (tertiary/aromatic N) is 4. The highest BCUT2D eigenvalue weighted by molar-refractivity contribution is 5.41. The van der Waals surface area contributed by atoms with Crippen molar-refractivity contribution in [1.82, 2.24) is 19.2 Å². The van der Waals surface area contributed by atoms with E-state index in [9.17, 15) is 4.79 Å². The van der Waals surface area contributed by atoms with Gasteiger partial charge in [0, 0.05) is 18.1 Å². The average molecular weight is 332 g/mol. The van der Waals surface area contributed by atoms with Gasteiger partial charge in [-0.1, -0.05) is 35.9 Å². The lowest BCUT2D eigenvalue weighted by Gasteiger charge is -2.05. The summed E-state index contributed by atoms with van der Waals surface area (Å²) in [6.07, 6.45) is 3.41. The molecule has 0 unspecified atom stereocenters. The topological polar surface area (TPSA) is 61.4 Å². The summed E-state index contributed by atoms with van der Waals surface area (Å²) in [5.74, 6) is 1.20. The molecule has 0 amide bonds. The van der Waals surface area contributed by atoms with E-state index in [0.717, 1.165) is 17.0 Å². The first-order valence-electron chi connectivity index (χ1n) is 7.92. The molecule has 0 aliphatic carbocycles. The fourth-order valence-electron chi connectivity index (χ4n) is 2.56. The summed E-state index contributed by atoms with van der Waals surface area (Å²) in [4.78, 5) is 17.0. The molecule has 25 heavy (non-hydrogen) atoms. The minimum absolute atomic E-state index is 0.204. The fraction of sp³-hybridized carbons (Fsp3) is 0.105. The molecular weight excluding hydrogens is 316 g/mol. The maximum atomic E-state index is 12.7. The quantitative estimate of drug-likeness (QED) is 0.576. The standard InChI is InChI=1S/C19H16N4O2/c1-14-7-9-15(10-8-14)22-11-12-23-18(19(22)24)20-17(21-23)13-25-16-5-3-2-4-6-16/h2-12H,13H2,1H3. The van der Waals surface area contributed by atoms with Crippen molar-refractivity contribution in [3.8, 4) is 11.4 Å². The highest BCUT2D eigenvalue weighted by Gasteiger charge is 2.10. The summed E-state index contributed by atoms with van der Waals surface area (Å²) < 4.78 is 8.69. The molecule has 0 spiro atoms. The number of hydrogen-bond donors (Lipinski definition) is 0. The molecule has 2 heterocycles. The molecule has 0 saturated heterocycles. The maximum absolute atomic E-state index is 12.7. The average Bonchev–Trinajstić information content (AvgIpc) is 3.06. The van der Waals surface area contributed by atoms with E-state index in [4.69, 9.17) is 4.74 Å². The molecule has 0 saturated carbocycles. The van der Waals surface area contributed by atoms with E-state index in [2.05, 4.69) is 10.1 Å². The van der Waals surface area contributed by atoms with Crippen LogP contribution in [0.4, 0.5) is 0 Å². The zero-order valence-corrected chi connectivity index (χ0v) is 13.7. The van der Waals surface area contributed by atoms with Gasteiger partial charge in [-0.3, -0.25) is 9.36 Å². The molecule has 0 radical (unpaired) electrons. The van der Waals surface area contributed by atoms with Crippen LogP contribution in [0.3, 0.4) is 0 Å². The normalized spacial score (nSPS) is 10.9. The van der Waals surface area contributed by atoms with Gasteiger partial charge in [-0.05, 0) is 31.2 Å². The van der Waals surface area contributed by atoms with Gasteiger partial charge in [-0.25, -0.2) is 9.50 Å². The summed E-state index contributed by atoms with van der Waals surface area (Å²) >= 11 is 0. The summed E-state index contributed by atoms with van der Waals surface area (Å²) in [6.45, 7) is 2.21. The molecule has 4 rings (SSSR count). The second-order valence-electron chi connectivity index (χ2n) is 5.71. The van der Waals surface area contributed by atoms with E-state index >= 15 is 0 Å². The molecule has 0 bridgehead atoms. The monoisotopic (exact) mass is 332 g/mol. The number of fused-ring (bicyclic) bond motifs is 1. The van der Waals surface area contributed by atoms with Crippen molar-refractivity contribution in [2.75, 3.05) is 0 Å². The molecular formula is C19H16N4O2. The molecule has 0 atom stereocenters. The van der Waals surface area contributed by atoms with E-state index in [-0.39, 0.29) is 17.8 Å². The van der Waals surface area contributed by atoms with Gasteiger partial charge >= 0.3 is 0 Å². The van der Waals surface area contributed by atoms with E-state index in [1.54, 1.807) is 17.0 Å². The largest absolute Gasteiger partial charge is 0.486 e. The summed E-state index contributed by atoms with van der Waals surface area (Å²) in [7, 11) is 0. The number of ether oxygens (including phenoxy) is 1. The Morgan fingerprint density at radius 1 is 1.00 bits per heavy atom. The summed E-state index contributed by atoms with van der Waals surface area (Å²) in [6, 6.07) is 17.2. The Hall–Kier alpha value is -3.41. The van der Waals surface area contributed by atoms with Crippen molar-refractivity contribution in [3.63, 3.8) is 0 Å². The molecule has 124 valence electrons. The van der Waals surface area contributed by atoms with Gasteiger partial charge in [0.2, 0.25) is 5.65 Å². The van der Waals surface area contributed by atoms with Crippen LogP contribution >= 0.6 is 0 Å². The number of aryl methyl sites for hydroxylation is 1. The number of benzene rings is 2. The van der Waals surface area contributed by atoms with Crippen molar-refractivity contribution < 1.29 is 4.74 Å². The minimum Gasteiger partial charge on any atom is -0.486 e. The van der Waals surface area contributed by atoms with E-state index in [1.165, 1.54) is 4.52 Å². The van der Waals surface area contributed by atoms with Gasteiger partial charge in [-0.2, -0.15) is 0 Å². The SMILES string of the molecule is Cc1ccc(-n2ccn3nc(COc4ccccc4)nc3c2=O)cc1. The second-order valence-corrected chi connectivity index (χ2v) is 5.71. The van der Waals surface area contributed by atoms with Gasteiger partial charge in [0.1, 0.15) is 12.4 Å². The third-order valence-corrected chi connectivity index (χ3v) is 3.87.